The highest BCUT2D eigenvalue weighted by atomic mass is 32.2. The van der Waals surface area contributed by atoms with E-state index in [1.807, 2.05) is 60.0 Å². The predicted octanol–water partition coefficient (Wildman–Crippen LogP) is 3.73. The van der Waals surface area contributed by atoms with Gasteiger partial charge < -0.3 is 14.6 Å². The number of methoxy groups -OCH3 is 1. The van der Waals surface area contributed by atoms with Crippen LogP contribution in [0.2, 0.25) is 0 Å². The van der Waals surface area contributed by atoms with E-state index < -0.39 is 5.97 Å². The van der Waals surface area contributed by atoms with Crippen molar-refractivity contribution in [1.82, 2.24) is 14.8 Å². The number of rotatable bonds is 9. The van der Waals surface area contributed by atoms with Crippen LogP contribution in [0.25, 0.3) is 5.69 Å². The number of benzene rings is 2. The van der Waals surface area contributed by atoms with Crippen LogP contribution in [0, 0.1) is 6.92 Å². The Balaban J connectivity index is 1.85. The molecule has 146 valence electrons. The molecule has 28 heavy (non-hydrogen) atoms. The van der Waals surface area contributed by atoms with Crippen LogP contribution in [0.5, 0.6) is 11.5 Å². The zero-order valence-electron chi connectivity index (χ0n) is 15.7. The lowest BCUT2D eigenvalue weighted by Crippen LogP contribution is -2.07. The highest BCUT2D eigenvalue weighted by Gasteiger charge is 2.16. The fraction of sp³-hybridized carbons (Fsp3) is 0.250. The Morgan fingerprint density at radius 1 is 1.14 bits per heavy atom. The highest BCUT2D eigenvalue weighted by Crippen LogP contribution is 2.25. The molecule has 0 fully saturated rings. The Morgan fingerprint density at radius 2 is 1.93 bits per heavy atom. The van der Waals surface area contributed by atoms with Crippen LogP contribution in [0.1, 0.15) is 17.8 Å². The summed E-state index contributed by atoms with van der Waals surface area (Å²) >= 11 is 1.35. The smallest absolute Gasteiger partial charge is 0.304 e. The number of carboxylic acid groups (broad SMARTS) is 1. The highest BCUT2D eigenvalue weighted by molar-refractivity contribution is 7.99. The van der Waals surface area contributed by atoms with Crippen molar-refractivity contribution in [2.75, 3.05) is 12.9 Å². The fourth-order valence-corrected chi connectivity index (χ4v) is 3.46. The molecule has 0 amide bonds. The van der Waals surface area contributed by atoms with Crippen molar-refractivity contribution in [3.05, 3.63) is 59.9 Å². The van der Waals surface area contributed by atoms with Crippen molar-refractivity contribution >= 4 is 17.7 Å². The summed E-state index contributed by atoms with van der Waals surface area (Å²) in [5.74, 6) is 1.69. The number of carbonyl (C=O) groups is 1. The Labute approximate surface area is 167 Å². The van der Waals surface area contributed by atoms with E-state index >= 15 is 0 Å². The lowest BCUT2D eigenvalue weighted by Gasteiger charge is -2.12. The molecule has 3 aromatic rings. The number of hydrogen-bond acceptors (Lipinski definition) is 6. The third kappa shape index (κ3) is 5.04. The molecule has 0 spiro atoms. The summed E-state index contributed by atoms with van der Waals surface area (Å²) < 4.78 is 13.0. The van der Waals surface area contributed by atoms with Gasteiger partial charge in [0, 0.05) is 11.4 Å². The van der Waals surface area contributed by atoms with Crippen LogP contribution in [0.15, 0.2) is 53.7 Å². The van der Waals surface area contributed by atoms with Gasteiger partial charge in [-0.1, -0.05) is 23.9 Å². The van der Waals surface area contributed by atoms with Crippen LogP contribution < -0.4 is 9.47 Å². The fourth-order valence-electron chi connectivity index (χ4n) is 2.56. The first kappa shape index (κ1) is 19.8. The summed E-state index contributed by atoms with van der Waals surface area (Å²) in [5, 5.41) is 18.0. The summed E-state index contributed by atoms with van der Waals surface area (Å²) in [6.07, 6.45) is 0.0509. The minimum absolute atomic E-state index is 0.0509. The van der Waals surface area contributed by atoms with Crippen molar-refractivity contribution in [2.45, 2.75) is 25.1 Å². The molecular weight excluding hydrogens is 378 g/mol. The first-order valence-corrected chi connectivity index (χ1v) is 9.68. The number of aryl methyl sites for hydroxylation is 1. The van der Waals surface area contributed by atoms with Gasteiger partial charge in [0.25, 0.3) is 0 Å². The summed E-state index contributed by atoms with van der Waals surface area (Å²) in [5.41, 5.74) is 1.96. The molecule has 0 radical (unpaired) electrons. The summed E-state index contributed by atoms with van der Waals surface area (Å²) in [6, 6.07) is 15.3. The second-order valence-electron chi connectivity index (χ2n) is 6.03. The Morgan fingerprint density at radius 3 is 2.61 bits per heavy atom. The Kier molecular flexibility index (Phi) is 6.54. The molecule has 0 unspecified atom stereocenters. The number of nitrogens with zero attached hydrogens (tertiary/aromatic N) is 3. The Hall–Kier alpha value is -3.00. The monoisotopic (exact) mass is 399 g/mol. The van der Waals surface area contributed by atoms with E-state index in [1.165, 1.54) is 11.8 Å². The zero-order chi connectivity index (χ0) is 19.9. The summed E-state index contributed by atoms with van der Waals surface area (Å²) in [4.78, 5) is 10.8. The van der Waals surface area contributed by atoms with Crippen LogP contribution in [-0.4, -0.2) is 38.7 Å². The largest absolute Gasteiger partial charge is 0.497 e. The van der Waals surface area contributed by atoms with E-state index in [0.29, 0.717) is 16.7 Å². The van der Waals surface area contributed by atoms with E-state index in [1.54, 1.807) is 7.11 Å². The molecule has 0 saturated heterocycles. The molecule has 0 aliphatic rings. The summed E-state index contributed by atoms with van der Waals surface area (Å²) in [7, 11) is 1.61. The first-order chi connectivity index (χ1) is 13.6. The van der Waals surface area contributed by atoms with Crippen LogP contribution in [-0.2, 0) is 11.4 Å². The molecule has 1 N–H and O–H groups in total. The van der Waals surface area contributed by atoms with Gasteiger partial charge >= 0.3 is 5.97 Å². The maximum absolute atomic E-state index is 10.8. The lowest BCUT2D eigenvalue weighted by atomic mass is 10.2. The molecule has 2 aromatic carbocycles. The van der Waals surface area contributed by atoms with Gasteiger partial charge in [0.15, 0.2) is 11.0 Å². The van der Waals surface area contributed by atoms with Crippen LogP contribution in [0.4, 0.5) is 0 Å². The molecule has 1 aromatic heterocycles. The molecule has 3 rings (SSSR count). The van der Waals surface area contributed by atoms with Crippen LogP contribution >= 0.6 is 11.8 Å². The molecule has 0 saturated carbocycles. The standard InChI is InChI=1S/C20H21N3O4S/c1-14-4-3-5-17(12-14)27-13-18-21-22-20(28-11-10-19(24)25)23(18)15-6-8-16(26-2)9-7-15/h3-9,12H,10-11,13H2,1-2H3,(H,24,25). The molecule has 8 heteroatoms. The number of aromatic nitrogens is 3. The molecule has 0 aliphatic carbocycles. The lowest BCUT2D eigenvalue weighted by molar-refractivity contribution is -0.136. The molecule has 1 heterocycles. The quantitative estimate of drug-likeness (QED) is 0.549. The Bertz CT molecular complexity index is 941. The third-order valence-corrected chi connectivity index (χ3v) is 4.87. The van der Waals surface area contributed by atoms with Crippen molar-refractivity contribution in [2.24, 2.45) is 0 Å². The van der Waals surface area contributed by atoms with Crippen LogP contribution in [0.3, 0.4) is 0 Å². The molecule has 0 atom stereocenters. The van der Waals surface area contributed by atoms with Gasteiger partial charge in [-0.05, 0) is 48.9 Å². The second-order valence-corrected chi connectivity index (χ2v) is 7.09. The van der Waals surface area contributed by atoms with Crippen molar-refractivity contribution in [3.63, 3.8) is 0 Å². The minimum Gasteiger partial charge on any atom is -0.497 e. The van der Waals surface area contributed by atoms with E-state index in [2.05, 4.69) is 10.2 Å². The first-order valence-electron chi connectivity index (χ1n) is 8.69. The van der Waals surface area contributed by atoms with Crippen molar-refractivity contribution in [1.29, 1.82) is 0 Å². The summed E-state index contributed by atoms with van der Waals surface area (Å²) in [6.45, 7) is 2.24. The number of ether oxygens (including phenoxy) is 2. The molecule has 0 aliphatic heterocycles. The van der Waals surface area contributed by atoms with E-state index in [9.17, 15) is 4.79 Å². The maximum atomic E-state index is 10.8. The SMILES string of the molecule is COc1ccc(-n2c(COc3cccc(C)c3)nnc2SCCC(=O)O)cc1. The van der Waals surface area contributed by atoms with Gasteiger partial charge in [0.05, 0.1) is 13.5 Å². The van der Waals surface area contributed by atoms with Gasteiger partial charge in [0.2, 0.25) is 0 Å². The van der Waals surface area contributed by atoms with Gasteiger partial charge in [-0.25, -0.2) is 0 Å². The normalized spacial score (nSPS) is 10.6. The predicted molar refractivity (Wildman–Crippen MR) is 106 cm³/mol. The van der Waals surface area contributed by atoms with E-state index in [0.717, 1.165) is 22.7 Å². The van der Waals surface area contributed by atoms with Gasteiger partial charge in [-0.3, -0.25) is 9.36 Å². The van der Waals surface area contributed by atoms with E-state index in [4.69, 9.17) is 14.6 Å². The van der Waals surface area contributed by atoms with Gasteiger partial charge in [0.1, 0.15) is 18.1 Å². The topological polar surface area (TPSA) is 86.5 Å². The van der Waals surface area contributed by atoms with Gasteiger partial charge in [-0.2, -0.15) is 0 Å². The number of thioether (sulfide) groups is 1. The average Bonchev–Trinajstić information content (AvgIpc) is 3.09. The molecule has 0 bridgehead atoms. The van der Waals surface area contributed by atoms with Gasteiger partial charge in [-0.15, -0.1) is 10.2 Å². The number of aliphatic carboxylic acids is 1. The number of carboxylic acids is 1. The molecular formula is C20H21N3O4S. The molecule has 7 nitrogen and oxygen atoms in total. The van der Waals surface area contributed by atoms with Crippen molar-refractivity contribution in [3.8, 4) is 17.2 Å². The van der Waals surface area contributed by atoms with E-state index in [-0.39, 0.29) is 13.0 Å². The maximum Gasteiger partial charge on any atom is 0.304 e. The second kappa shape index (κ2) is 9.27. The number of hydrogen-bond donors (Lipinski definition) is 1. The average molecular weight is 399 g/mol. The third-order valence-electron chi connectivity index (χ3n) is 3.94. The van der Waals surface area contributed by atoms with Crippen molar-refractivity contribution < 1.29 is 19.4 Å². The zero-order valence-corrected chi connectivity index (χ0v) is 16.5. The minimum atomic E-state index is -0.842.